The van der Waals surface area contributed by atoms with E-state index in [4.69, 9.17) is 5.11 Å². The highest BCUT2D eigenvalue weighted by Gasteiger charge is 2.24. The molecule has 1 fully saturated rings. The van der Waals surface area contributed by atoms with Crippen molar-refractivity contribution in [2.24, 2.45) is 5.92 Å². The van der Waals surface area contributed by atoms with Crippen molar-refractivity contribution < 1.29 is 19.5 Å². The second-order valence-corrected chi connectivity index (χ2v) is 4.56. The highest BCUT2D eigenvalue weighted by atomic mass is 16.4. The zero-order chi connectivity index (χ0) is 14.5. The van der Waals surface area contributed by atoms with Crippen molar-refractivity contribution in [2.45, 2.75) is 25.9 Å². The normalized spacial score (nSPS) is 18.4. The summed E-state index contributed by atoms with van der Waals surface area (Å²) in [6.45, 7) is 0.259. The van der Waals surface area contributed by atoms with Crippen LogP contribution in [0.25, 0.3) is 0 Å². The van der Waals surface area contributed by atoms with Gasteiger partial charge in [-0.1, -0.05) is 5.21 Å². The van der Waals surface area contributed by atoms with Gasteiger partial charge in [-0.2, -0.15) is 0 Å². The number of aliphatic carboxylic acids is 1. The number of carboxylic acids is 1. The average Bonchev–Trinajstić information content (AvgIpc) is 2.83. The van der Waals surface area contributed by atoms with Crippen LogP contribution in [0.3, 0.4) is 0 Å². The van der Waals surface area contributed by atoms with E-state index in [0.717, 1.165) is 0 Å². The molecule has 2 heterocycles. The number of hydrogen-bond donors (Lipinski definition) is 3. The Balaban J connectivity index is 1.79. The highest BCUT2D eigenvalue weighted by molar-refractivity contribution is 5.83. The SMILES string of the molecule is O=C(O)Cn1cc(CNC(=O)C2CCC(=O)NC2)nn1. The summed E-state index contributed by atoms with van der Waals surface area (Å²) in [6, 6.07) is 0. The molecule has 0 aromatic carbocycles. The Kier molecular flexibility index (Phi) is 4.28. The van der Waals surface area contributed by atoms with Crippen LogP contribution in [0.1, 0.15) is 18.5 Å². The van der Waals surface area contributed by atoms with Gasteiger partial charge in [0, 0.05) is 13.0 Å². The Hall–Kier alpha value is -2.45. The lowest BCUT2D eigenvalue weighted by Gasteiger charge is -2.21. The lowest BCUT2D eigenvalue weighted by molar-refractivity contribution is -0.138. The van der Waals surface area contributed by atoms with Crippen LogP contribution in [0.2, 0.25) is 0 Å². The molecule has 20 heavy (non-hydrogen) atoms. The molecule has 2 amide bonds. The maximum Gasteiger partial charge on any atom is 0.325 e. The van der Waals surface area contributed by atoms with Gasteiger partial charge in [0.1, 0.15) is 12.2 Å². The molecular formula is C11H15N5O4. The predicted molar refractivity (Wildman–Crippen MR) is 65.2 cm³/mol. The van der Waals surface area contributed by atoms with Gasteiger partial charge in [-0.3, -0.25) is 14.4 Å². The van der Waals surface area contributed by atoms with Gasteiger partial charge in [0.25, 0.3) is 0 Å². The Bertz CT molecular complexity index is 517. The molecule has 0 spiro atoms. The molecule has 9 nitrogen and oxygen atoms in total. The molecule has 1 aromatic rings. The van der Waals surface area contributed by atoms with Crippen molar-refractivity contribution in [1.29, 1.82) is 0 Å². The Labute approximate surface area is 114 Å². The van der Waals surface area contributed by atoms with Crippen molar-refractivity contribution in [1.82, 2.24) is 25.6 Å². The van der Waals surface area contributed by atoms with E-state index in [1.165, 1.54) is 10.9 Å². The van der Waals surface area contributed by atoms with E-state index in [1.807, 2.05) is 0 Å². The van der Waals surface area contributed by atoms with Crippen molar-refractivity contribution >= 4 is 17.8 Å². The number of hydrogen-bond acceptors (Lipinski definition) is 5. The van der Waals surface area contributed by atoms with Crippen molar-refractivity contribution in [3.63, 3.8) is 0 Å². The van der Waals surface area contributed by atoms with Crippen LogP contribution in [-0.4, -0.2) is 44.4 Å². The molecule has 3 N–H and O–H groups in total. The fourth-order valence-electron chi connectivity index (χ4n) is 1.91. The summed E-state index contributed by atoms with van der Waals surface area (Å²) in [7, 11) is 0. The first-order chi connectivity index (χ1) is 9.54. The molecule has 1 aliphatic rings. The lowest BCUT2D eigenvalue weighted by atomic mass is 9.98. The minimum absolute atomic E-state index is 0.0364. The highest BCUT2D eigenvalue weighted by Crippen LogP contribution is 2.10. The summed E-state index contributed by atoms with van der Waals surface area (Å²) in [4.78, 5) is 33.3. The number of piperidine rings is 1. The summed E-state index contributed by atoms with van der Waals surface area (Å²) in [5, 5.41) is 21.3. The van der Waals surface area contributed by atoms with Gasteiger partial charge in [0.15, 0.2) is 0 Å². The Morgan fingerprint density at radius 2 is 2.35 bits per heavy atom. The second-order valence-electron chi connectivity index (χ2n) is 4.56. The minimum atomic E-state index is -1.01. The molecule has 0 aliphatic carbocycles. The van der Waals surface area contributed by atoms with Crippen LogP contribution >= 0.6 is 0 Å². The standard InChI is InChI=1S/C11H15N5O4/c17-9-2-1-7(3-12-9)11(20)13-4-8-5-16(15-14-8)6-10(18)19/h5,7H,1-4,6H2,(H,12,17)(H,13,20)(H,18,19). The van der Waals surface area contributed by atoms with E-state index in [9.17, 15) is 14.4 Å². The van der Waals surface area contributed by atoms with Gasteiger partial charge >= 0.3 is 5.97 Å². The molecule has 1 unspecified atom stereocenters. The van der Waals surface area contributed by atoms with Gasteiger partial charge in [-0.05, 0) is 6.42 Å². The third kappa shape index (κ3) is 3.77. The van der Waals surface area contributed by atoms with Crippen LogP contribution in [0.4, 0.5) is 0 Å². The average molecular weight is 281 g/mol. The fourth-order valence-corrected chi connectivity index (χ4v) is 1.91. The van der Waals surface area contributed by atoms with E-state index in [1.54, 1.807) is 0 Å². The van der Waals surface area contributed by atoms with Crippen molar-refractivity contribution in [3.8, 4) is 0 Å². The van der Waals surface area contributed by atoms with Gasteiger partial charge in [-0.15, -0.1) is 5.10 Å². The maximum absolute atomic E-state index is 11.9. The number of aromatic nitrogens is 3. The number of carbonyl (C=O) groups is 3. The molecule has 1 aliphatic heterocycles. The topological polar surface area (TPSA) is 126 Å². The smallest absolute Gasteiger partial charge is 0.325 e. The molecule has 1 atom stereocenters. The fraction of sp³-hybridized carbons (Fsp3) is 0.545. The van der Waals surface area contributed by atoms with Crippen molar-refractivity contribution in [2.75, 3.05) is 6.54 Å². The summed E-state index contributed by atoms with van der Waals surface area (Å²) in [6.07, 6.45) is 2.35. The van der Waals surface area contributed by atoms with E-state index < -0.39 is 5.97 Å². The third-order valence-electron chi connectivity index (χ3n) is 2.96. The van der Waals surface area contributed by atoms with Crippen LogP contribution < -0.4 is 10.6 Å². The molecule has 1 aromatic heterocycles. The van der Waals surface area contributed by atoms with E-state index in [2.05, 4.69) is 20.9 Å². The molecule has 1 saturated heterocycles. The Morgan fingerprint density at radius 1 is 1.55 bits per heavy atom. The molecule has 9 heteroatoms. The minimum Gasteiger partial charge on any atom is -0.480 e. The van der Waals surface area contributed by atoms with Gasteiger partial charge < -0.3 is 15.7 Å². The number of amides is 2. The zero-order valence-electron chi connectivity index (χ0n) is 10.7. The summed E-state index contributed by atoms with van der Waals surface area (Å²) >= 11 is 0. The Morgan fingerprint density at radius 3 is 3.00 bits per heavy atom. The van der Waals surface area contributed by atoms with E-state index in [0.29, 0.717) is 25.1 Å². The number of rotatable bonds is 5. The van der Waals surface area contributed by atoms with Gasteiger partial charge in [0.05, 0.1) is 18.7 Å². The zero-order valence-corrected chi connectivity index (χ0v) is 10.7. The van der Waals surface area contributed by atoms with Gasteiger partial charge in [-0.25, -0.2) is 4.68 Å². The third-order valence-corrected chi connectivity index (χ3v) is 2.96. The maximum atomic E-state index is 11.9. The van der Waals surface area contributed by atoms with Crippen LogP contribution in [0.5, 0.6) is 0 Å². The van der Waals surface area contributed by atoms with Crippen LogP contribution in [0.15, 0.2) is 6.20 Å². The quantitative estimate of drug-likeness (QED) is 0.603. The molecular weight excluding hydrogens is 266 g/mol. The first-order valence-electron chi connectivity index (χ1n) is 6.20. The summed E-state index contributed by atoms with van der Waals surface area (Å²) in [5.41, 5.74) is 0.486. The van der Waals surface area contributed by atoms with Crippen LogP contribution in [0, 0.1) is 5.92 Å². The number of nitrogens with one attached hydrogen (secondary N) is 2. The second kappa shape index (κ2) is 6.13. The molecule has 0 bridgehead atoms. The molecule has 0 saturated carbocycles. The number of carbonyl (C=O) groups excluding carboxylic acids is 2. The largest absolute Gasteiger partial charge is 0.480 e. The summed E-state index contributed by atoms with van der Waals surface area (Å²) in [5.74, 6) is -1.44. The monoisotopic (exact) mass is 281 g/mol. The number of nitrogens with zero attached hydrogens (tertiary/aromatic N) is 3. The predicted octanol–water partition coefficient (Wildman–Crippen LogP) is -1.49. The molecule has 2 rings (SSSR count). The van der Waals surface area contributed by atoms with E-state index in [-0.39, 0.29) is 30.8 Å². The first kappa shape index (κ1) is 14.0. The van der Waals surface area contributed by atoms with Crippen molar-refractivity contribution in [3.05, 3.63) is 11.9 Å². The lowest BCUT2D eigenvalue weighted by Crippen LogP contribution is -2.42. The van der Waals surface area contributed by atoms with E-state index >= 15 is 0 Å². The van der Waals surface area contributed by atoms with Gasteiger partial charge in [0.2, 0.25) is 11.8 Å². The first-order valence-corrected chi connectivity index (χ1v) is 6.20. The molecule has 0 radical (unpaired) electrons. The van der Waals surface area contributed by atoms with Crippen LogP contribution in [-0.2, 0) is 27.5 Å². The molecule has 108 valence electrons. The number of carboxylic acid groups (broad SMARTS) is 1. The summed E-state index contributed by atoms with van der Waals surface area (Å²) < 4.78 is 1.19.